The summed E-state index contributed by atoms with van der Waals surface area (Å²) < 4.78 is 7.53. The van der Waals surface area contributed by atoms with Crippen LogP contribution in [0.2, 0.25) is 5.02 Å². The molecule has 0 saturated carbocycles. The van der Waals surface area contributed by atoms with Crippen molar-refractivity contribution in [3.05, 3.63) is 82.6 Å². The zero-order valence-corrected chi connectivity index (χ0v) is 15.9. The summed E-state index contributed by atoms with van der Waals surface area (Å²) in [6, 6.07) is 18.9. The molecule has 1 aromatic heterocycles. The van der Waals surface area contributed by atoms with Crippen LogP contribution in [0.15, 0.2) is 65.8 Å². The van der Waals surface area contributed by atoms with Crippen molar-refractivity contribution in [2.24, 2.45) is 5.10 Å². The van der Waals surface area contributed by atoms with E-state index in [0.717, 1.165) is 22.6 Å². The molecule has 1 heterocycles. The monoisotopic (exact) mass is 381 g/mol. The number of nitrogens with one attached hydrogen (secondary N) is 1. The zero-order chi connectivity index (χ0) is 19.2. The third-order valence-electron chi connectivity index (χ3n) is 4.06. The van der Waals surface area contributed by atoms with Crippen molar-refractivity contribution < 1.29 is 9.53 Å². The number of benzene rings is 2. The molecule has 3 rings (SSSR count). The lowest BCUT2D eigenvalue weighted by Gasteiger charge is -2.09. The molecular formula is C21H20ClN3O2. The van der Waals surface area contributed by atoms with Gasteiger partial charge >= 0.3 is 0 Å². The molecule has 5 nitrogen and oxygen atoms in total. The number of carbonyl (C=O) groups excluding carboxylic acids is 1. The number of carbonyl (C=O) groups is 1. The van der Waals surface area contributed by atoms with Gasteiger partial charge in [0.2, 0.25) is 0 Å². The molecule has 0 fully saturated rings. The van der Waals surface area contributed by atoms with E-state index < -0.39 is 0 Å². The van der Waals surface area contributed by atoms with Crippen molar-refractivity contribution in [1.82, 2.24) is 9.99 Å². The fourth-order valence-electron chi connectivity index (χ4n) is 2.78. The minimum absolute atomic E-state index is 0.123. The third kappa shape index (κ3) is 4.77. The van der Waals surface area contributed by atoms with Crippen molar-refractivity contribution in [2.45, 2.75) is 13.8 Å². The molecule has 3 aromatic rings. The zero-order valence-electron chi connectivity index (χ0n) is 15.1. The average molecular weight is 382 g/mol. The highest BCUT2D eigenvalue weighted by molar-refractivity contribution is 6.30. The van der Waals surface area contributed by atoms with Gasteiger partial charge in [0.15, 0.2) is 6.61 Å². The summed E-state index contributed by atoms with van der Waals surface area (Å²) in [5.41, 5.74) is 6.65. The fraction of sp³-hybridized carbons (Fsp3) is 0.143. The van der Waals surface area contributed by atoms with Crippen LogP contribution in [0.1, 0.15) is 17.0 Å². The van der Waals surface area contributed by atoms with E-state index in [4.69, 9.17) is 16.3 Å². The lowest BCUT2D eigenvalue weighted by molar-refractivity contribution is -0.123. The predicted molar refractivity (Wildman–Crippen MR) is 108 cm³/mol. The molecule has 0 unspecified atom stereocenters. The van der Waals surface area contributed by atoms with Gasteiger partial charge in [0.05, 0.1) is 6.21 Å². The molecule has 0 atom stereocenters. The molecule has 2 aromatic carbocycles. The number of hydrogen-bond acceptors (Lipinski definition) is 3. The van der Waals surface area contributed by atoms with Crippen molar-refractivity contribution in [3.8, 4) is 11.4 Å². The Kier molecular flexibility index (Phi) is 5.94. The lowest BCUT2D eigenvalue weighted by Crippen LogP contribution is -2.24. The standard InChI is InChI=1S/C21H20ClN3O2/c1-15-12-17(16(2)25(15)19-6-4-3-5-7-19)13-23-24-21(26)14-27-20-10-8-18(22)9-11-20/h3-13H,14H2,1-2H3,(H,24,26)/b23-13+. The summed E-state index contributed by atoms with van der Waals surface area (Å²) in [5.74, 6) is 0.239. The second-order valence-electron chi connectivity index (χ2n) is 6.03. The van der Waals surface area contributed by atoms with Crippen LogP contribution in [0.3, 0.4) is 0 Å². The number of hydrogen-bond donors (Lipinski definition) is 1. The normalized spacial score (nSPS) is 10.9. The molecule has 1 amide bonds. The maximum atomic E-state index is 11.9. The van der Waals surface area contributed by atoms with E-state index in [0.29, 0.717) is 10.8 Å². The van der Waals surface area contributed by atoms with Crippen LogP contribution in [-0.4, -0.2) is 23.3 Å². The smallest absolute Gasteiger partial charge is 0.277 e. The summed E-state index contributed by atoms with van der Waals surface area (Å²) >= 11 is 5.81. The van der Waals surface area contributed by atoms with Gasteiger partial charge in [-0.05, 0) is 56.3 Å². The van der Waals surface area contributed by atoms with Crippen LogP contribution in [0.25, 0.3) is 5.69 Å². The maximum Gasteiger partial charge on any atom is 0.277 e. The van der Waals surface area contributed by atoms with Crippen molar-refractivity contribution >= 4 is 23.7 Å². The Morgan fingerprint density at radius 1 is 1.15 bits per heavy atom. The first-order valence-corrected chi connectivity index (χ1v) is 8.87. The van der Waals surface area contributed by atoms with Crippen LogP contribution in [0, 0.1) is 13.8 Å². The van der Waals surface area contributed by atoms with Gasteiger partial charge in [-0.3, -0.25) is 4.79 Å². The van der Waals surface area contributed by atoms with E-state index >= 15 is 0 Å². The van der Waals surface area contributed by atoms with Crippen LogP contribution in [0.5, 0.6) is 5.75 Å². The number of nitrogens with zero attached hydrogens (tertiary/aromatic N) is 2. The molecule has 0 radical (unpaired) electrons. The summed E-state index contributed by atoms with van der Waals surface area (Å²) in [6.45, 7) is 3.94. The van der Waals surface area contributed by atoms with E-state index in [1.807, 2.05) is 38.1 Å². The third-order valence-corrected chi connectivity index (χ3v) is 4.31. The number of amides is 1. The highest BCUT2D eigenvalue weighted by atomic mass is 35.5. The highest BCUT2D eigenvalue weighted by Crippen LogP contribution is 2.19. The molecule has 0 bridgehead atoms. The summed E-state index contributed by atoms with van der Waals surface area (Å²) in [5, 5.41) is 4.65. The molecule has 0 aliphatic rings. The SMILES string of the molecule is Cc1cc(/C=N/NC(=O)COc2ccc(Cl)cc2)c(C)n1-c1ccccc1. The molecule has 0 aliphatic heterocycles. The van der Waals surface area contributed by atoms with Gasteiger partial charge in [-0.25, -0.2) is 5.43 Å². The quantitative estimate of drug-likeness (QED) is 0.512. The first kappa shape index (κ1) is 18.7. The number of rotatable bonds is 6. The van der Waals surface area contributed by atoms with E-state index in [-0.39, 0.29) is 12.5 Å². The number of halogens is 1. The van der Waals surface area contributed by atoms with Crippen LogP contribution in [0.4, 0.5) is 0 Å². The Bertz CT molecular complexity index is 948. The van der Waals surface area contributed by atoms with Crippen molar-refractivity contribution in [2.75, 3.05) is 6.61 Å². The van der Waals surface area contributed by atoms with E-state index in [1.165, 1.54) is 0 Å². The Morgan fingerprint density at radius 2 is 1.85 bits per heavy atom. The number of aromatic nitrogens is 1. The van der Waals surface area contributed by atoms with Gasteiger partial charge in [0.1, 0.15) is 5.75 Å². The first-order chi connectivity index (χ1) is 13.0. The second-order valence-corrected chi connectivity index (χ2v) is 6.47. The lowest BCUT2D eigenvalue weighted by atomic mass is 10.2. The minimum atomic E-state index is -0.335. The highest BCUT2D eigenvalue weighted by Gasteiger charge is 2.09. The number of ether oxygens (including phenoxy) is 1. The van der Waals surface area contributed by atoms with Crippen molar-refractivity contribution in [3.63, 3.8) is 0 Å². The summed E-state index contributed by atoms with van der Waals surface area (Å²) in [4.78, 5) is 11.9. The first-order valence-electron chi connectivity index (χ1n) is 8.49. The number of aryl methyl sites for hydroxylation is 1. The van der Waals surface area contributed by atoms with E-state index in [9.17, 15) is 4.79 Å². The number of hydrazone groups is 1. The molecule has 0 spiro atoms. The molecular weight excluding hydrogens is 362 g/mol. The molecule has 1 N–H and O–H groups in total. The topological polar surface area (TPSA) is 55.6 Å². The summed E-state index contributed by atoms with van der Waals surface area (Å²) in [6.07, 6.45) is 1.64. The maximum absolute atomic E-state index is 11.9. The molecule has 0 saturated heterocycles. The largest absolute Gasteiger partial charge is 0.484 e. The van der Waals surface area contributed by atoms with Crippen LogP contribution >= 0.6 is 11.6 Å². The molecule has 138 valence electrons. The van der Waals surface area contributed by atoms with Gasteiger partial charge in [-0.15, -0.1) is 0 Å². The molecule has 27 heavy (non-hydrogen) atoms. The van der Waals surface area contributed by atoms with Gasteiger partial charge in [-0.1, -0.05) is 29.8 Å². The molecule has 0 aliphatic carbocycles. The minimum Gasteiger partial charge on any atom is -0.484 e. The molecule has 6 heteroatoms. The Hall–Kier alpha value is -3.05. The van der Waals surface area contributed by atoms with E-state index in [1.54, 1.807) is 30.5 Å². The Labute approximate surface area is 163 Å². The van der Waals surface area contributed by atoms with Gasteiger partial charge in [-0.2, -0.15) is 5.10 Å². The Balaban J connectivity index is 1.60. The van der Waals surface area contributed by atoms with Gasteiger partial charge in [0, 0.05) is 27.7 Å². The van der Waals surface area contributed by atoms with Gasteiger partial charge in [0.25, 0.3) is 5.91 Å². The van der Waals surface area contributed by atoms with Crippen LogP contribution in [-0.2, 0) is 4.79 Å². The van der Waals surface area contributed by atoms with Crippen LogP contribution < -0.4 is 10.2 Å². The summed E-state index contributed by atoms with van der Waals surface area (Å²) in [7, 11) is 0. The van der Waals surface area contributed by atoms with Crippen molar-refractivity contribution in [1.29, 1.82) is 0 Å². The second kappa shape index (κ2) is 8.56. The fourth-order valence-corrected chi connectivity index (χ4v) is 2.90. The average Bonchev–Trinajstić information content (AvgIpc) is 2.95. The Morgan fingerprint density at radius 3 is 2.56 bits per heavy atom. The predicted octanol–water partition coefficient (Wildman–Crippen LogP) is 4.28. The van der Waals surface area contributed by atoms with E-state index in [2.05, 4.69) is 27.2 Å². The van der Waals surface area contributed by atoms with Gasteiger partial charge < -0.3 is 9.30 Å². The number of para-hydroxylation sites is 1.